The van der Waals surface area contributed by atoms with Gasteiger partial charge in [-0.3, -0.25) is 4.79 Å². The van der Waals surface area contributed by atoms with E-state index in [-0.39, 0.29) is 17.2 Å². The zero-order chi connectivity index (χ0) is 19.9. The second-order valence-electron chi connectivity index (χ2n) is 6.66. The molecule has 0 aliphatic carbocycles. The number of ether oxygens (including phenoxy) is 1. The molecule has 0 bridgehead atoms. The fraction of sp³-hybridized carbons (Fsp3) is 0.286. The lowest BCUT2D eigenvalue weighted by Gasteiger charge is -2.14. The van der Waals surface area contributed by atoms with Crippen LogP contribution < -0.4 is 10.1 Å². The van der Waals surface area contributed by atoms with Crippen LogP contribution in [0.4, 0.5) is 5.69 Å². The number of nitrogens with zero attached hydrogens (tertiary/aromatic N) is 3. The highest BCUT2D eigenvalue weighted by atomic mass is 32.2. The van der Waals surface area contributed by atoms with E-state index in [0.717, 1.165) is 22.2 Å². The van der Waals surface area contributed by atoms with Crippen molar-refractivity contribution in [2.24, 2.45) is 0 Å². The quantitative estimate of drug-likeness (QED) is 0.566. The number of hydrogen-bond donors (Lipinski definition) is 1. The SMILES string of the molecule is CC(C)n1cnnc1S[C@@H](C)C(=O)Nc1ccc(OCc2ccccc2)cc1. The number of benzene rings is 2. The lowest BCUT2D eigenvalue weighted by Crippen LogP contribution is -2.23. The summed E-state index contributed by atoms with van der Waals surface area (Å²) in [7, 11) is 0. The first-order valence-corrected chi connectivity index (χ1v) is 10.0. The molecule has 1 heterocycles. The Morgan fingerprint density at radius 1 is 1.11 bits per heavy atom. The van der Waals surface area contributed by atoms with Crippen LogP contribution in [0, 0.1) is 0 Å². The van der Waals surface area contributed by atoms with Gasteiger partial charge in [0.15, 0.2) is 5.16 Å². The molecule has 6 nitrogen and oxygen atoms in total. The van der Waals surface area contributed by atoms with Gasteiger partial charge in [-0.15, -0.1) is 10.2 Å². The predicted molar refractivity (Wildman–Crippen MR) is 112 cm³/mol. The Labute approximate surface area is 169 Å². The van der Waals surface area contributed by atoms with Crippen molar-refractivity contribution < 1.29 is 9.53 Å². The van der Waals surface area contributed by atoms with E-state index in [2.05, 4.69) is 29.4 Å². The number of thioether (sulfide) groups is 1. The Morgan fingerprint density at radius 3 is 2.50 bits per heavy atom. The second kappa shape index (κ2) is 9.41. The molecule has 3 aromatic rings. The number of amides is 1. The zero-order valence-corrected chi connectivity index (χ0v) is 17.0. The van der Waals surface area contributed by atoms with Gasteiger partial charge >= 0.3 is 0 Å². The van der Waals surface area contributed by atoms with Crippen molar-refractivity contribution in [3.63, 3.8) is 0 Å². The van der Waals surface area contributed by atoms with E-state index in [4.69, 9.17) is 4.74 Å². The standard InChI is InChI=1S/C21H24N4O2S/c1-15(2)25-14-22-24-21(25)28-16(3)20(26)23-18-9-11-19(12-10-18)27-13-17-7-5-4-6-8-17/h4-12,14-16H,13H2,1-3H3,(H,23,26)/t16-/m0/s1. The Morgan fingerprint density at radius 2 is 1.82 bits per heavy atom. The van der Waals surface area contributed by atoms with Crippen LogP contribution in [0.3, 0.4) is 0 Å². The van der Waals surface area contributed by atoms with Crippen LogP contribution in [-0.2, 0) is 11.4 Å². The molecule has 0 spiro atoms. The molecule has 0 radical (unpaired) electrons. The molecule has 28 heavy (non-hydrogen) atoms. The van der Waals surface area contributed by atoms with Crippen molar-refractivity contribution in [3.05, 3.63) is 66.5 Å². The maximum Gasteiger partial charge on any atom is 0.237 e. The average molecular weight is 397 g/mol. The molecule has 1 amide bonds. The van der Waals surface area contributed by atoms with Gasteiger partial charge < -0.3 is 14.6 Å². The van der Waals surface area contributed by atoms with Gasteiger partial charge in [-0.1, -0.05) is 42.1 Å². The minimum atomic E-state index is -0.296. The highest BCUT2D eigenvalue weighted by Gasteiger charge is 2.18. The normalized spacial score (nSPS) is 12.0. The summed E-state index contributed by atoms with van der Waals surface area (Å²) in [6, 6.07) is 17.6. The van der Waals surface area contributed by atoms with Gasteiger partial charge in [0.05, 0.1) is 5.25 Å². The van der Waals surface area contributed by atoms with Crippen molar-refractivity contribution in [1.82, 2.24) is 14.8 Å². The van der Waals surface area contributed by atoms with Crippen molar-refractivity contribution in [2.75, 3.05) is 5.32 Å². The number of carbonyl (C=O) groups is 1. The van der Waals surface area contributed by atoms with E-state index in [0.29, 0.717) is 6.61 Å². The van der Waals surface area contributed by atoms with Gasteiger partial charge in [0.2, 0.25) is 5.91 Å². The minimum absolute atomic E-state index is 0.0822. The third-order valence-electron chi connectivity index (χ3n) is 4.12. The Hall–Kier alpha value is -2.80. The number of nitrogens with one attached hydrogen (secondary N) is 1. The summed E-state index contributed by atoms with van der Waals surface area (Å²) in [6.45, 7) is 6.48. The third kappa shape index (κ3) is 5.36. The van der Waals surface area contributed by atoms with E-state index < -0.39 is 0 Å². The molecule has 3 rings (SSSR count). The number of rotatable bonds is 8. The van der Waals surface area contributed by atoms with Crippen molar-refractivity contribution >= 4 is 23.4 Å². The first kappa shape index (κ1) is 19.9. The summed E-state index contributed by atoms with van der Waals surface area (Å²) >= 11 is 1.39. The lowest BCUT2D eigenvalue weighted by molar-refractivity contribution is -0.115. The van der Waals surface area contributed by atoms with E-state index in [1.54, 1.807) is 6.33 Å². The largest absolute Gasteiger partial charge is 0.489 e. The van der Waals surface area contributed by atoms with Gasteiger partial charge in [-0.2, -0.15) is 0 Å². The number of carbonyl (C=O) groups excluding carboxylic acids is 1. The zero-order valence-electron chi connectivity index (χ0n) is 16.2. The minimum Gasteiger partial charge on any atom is -0.489 e. The van der Waals surface area contributed by atoms with E-state index >= 15 is 0 Å². The molecule has 0 aliphatic heterocycles. The molecule has 1 aromatic heterocycles. The predicted octanol–water partition coefficient (Wildman–Crippen LogP) is 4.56. The molecule has 1 N–H and O–H groups in total. The highest BCUT2D eigenvalue weighted by molar-refractivity contribution is 8.00. The highest BCUT2D eigenvalue weighted by Crippen LogP contribution is 2.25. The molecule has 7 heteroatoms. The number of aromatic nitrogens is 3. The summed E-state index contributed by atoms with van der Waals surface area (Å²) < 4.78 is 7.72. The van der Waals surface area contributed by atoms with Gasteiger partial charge in [-0.25, -0.2) is 0 Å². The van der Waals surface area contributed by atoms with E-state index in [1.807, 2.05) is 66.1 Å². The maximum atomic E-state index is 12.5. The fourth-order valence-corrected chi connectivity index (χ4v) is 3.46. The first-order chi connectivity index (χ1) is 13.5. The second-order valence-corrected chi connectivity index (χ2v) is 7.97. The summed E-state index contributed by atoms with van der Waals surface area (Å²) in [5.74, 6) is 0.676. The van der Waals surface area contributed by atoms with Crippen LogP contribution in [0.25, 0.3) is 0 Å². The first-order valence-electron chi connectivity index (χ1n) is 9.16. The van der Waals surface area contributed by atoms with Crippen LogP contribution in [0.5, 0.6) is 5.75 Å². The van der Waals surface area contributed by atoms with Crippen molar-refractivity contribution in [3.8, 4) is 5.75 Å². The average Bonchev–Trinajstić information content (AvgIpc) is 3.16. The lowest BCUT2D eigenvalue weighted by atomic mass is 10.2. The molecule has 0 saturated heterocycles. The van der Waals surface area contributed by atoms with Crippen LogP contribution >= 0.6 is 11.8 Å². The Balaban J connectivity index is 1.53. The van der Waals surface area contributed by atoms with Gasteiger partial charge in [0.25, 0.3) is 0 Å². The van der Waals surface area contributed by atoms with Crippen LogP contribution in [0.15, 0.2) is 66.1 Å². The summed E-state index contributed by atoms with van der Waals surface area (Å²) in [5.41, 5.74) is 1.84. The van der Waals surface area contributed by atoms with Crippen molar-refractivity contribution in [1.29, 1.82) is 0 Å². The monoisotopic (exact) mass is 396 g/mol. The van der Waals surface area contributed by atoms with E-state index in [9.17, 15) is 4.79 Å². The summed E-state index contributed by atoms with van der Waals surface area (Å²) in [5, 5.41) is 11.4. The maximum absolute atomic E-state index is 12.5. The third-order valence-corrected chi connectivity index (χ3v) is 5.19. The Bertz CT molecular complexity index is 894. The van der Waals surface area contributed by atoms with Crippen LogP contribution in [0.2, 0.25) is 0 Å². The van der Waals surface area contributed by atoms with Gasteiger partial charge in [0, 0.05) is 11.7 Å². The molecule has 0 saturated carbocycles. The molecule has 146 valence electrons. The Kier molecular flexibility index (Phi) is 6.71. The molecular formula is C21H24N4O2S. The molecule has 2 aromatic carbocycles. The van der Waals surface area contributed by atoms with Crippen LogP contribution in [0.1, 0.15) is 32.4 Å². The topological polar surface area (TPSA) is 69.0 Å². The summed E-state index contributed by atoms with van der Waals surface area (Å²) in [6.07, 6.45) is 1.69. The molecular weight excluding hydrogens is 372 g/mol. The van der Waals surface area contributed by atoms with Gasteiger partial charge in [0.1, 0.15) is 18.7 Å². The van der Waals surface area contributed by atoms with Crippen molar-refractivity contribution in [2.45, 2.75) is 43.8 Å². The van der Waals surface area contributed by atoms with E-state index in [1.165, 1.54) is 11.8 Å². The smallest absolute Gasteiger partial charge is 0.237 e. The summed E-state index contributed by atoms with van der Waals surface area (Å²) in [4.78, 5) is 12.5. The molecule has 1 atom stereocenters. The fourth-order valence-electron chi connectivity index (χ4n) is 2.50. The number of hydrogen-bond acceptors (Lipinski definition) is 5. The number of anilines is 1. The molecule has 0 aliphatic rings. The van der Waals surface area contributed by atoms with Gasteiger partial charge in [-0.05, 0) is 50.6 Å². The van der Waals surface area contributed by atoms with Crippen LogP contribution in [-0.4, -0.2) is 25.9 Å². The molecule has 0 unspecified atom stereocenters. The molecule has 0 fully saturated rings.